The minimum atomic E-state index is 0.0845. The number of ether oxygens (including phenoxy) is 1. The first-order valence-electron chi connectivity index (χ1n) is 11.7. The molecule has 34 heavy (non-hydrogen) atoms. The van der Waals surface area contributed by atoms with E-state index < -0.39 is 0 Å². The summed E-state index contributed by atoms with van der Waals surface area (Å²) in [5.74, 6) is 1.09. The molecule has 1 unspecified atom stereocenters. The van der Waals surface area contributed by atoms with E-state index in [0.29, 0.717) is 13.1 Å². The average molecular weight is 453 g/mol. The number of aromatic nitrogens is 3. The second-order valence-electron chi connectivity index (χ2n) is 8.63. The van der Waals surface area contributed by atoms with Gasteiger partial charge in [-0.1, -0.05) is 36.4 Å². The van der Waals surface area contributed by atoms with Crippen LogP contribution in [-0.4, -0.2) is 45.5 Å². The van der Waals surface area contributed by atoms with Crippen molar-refractivity contribution in [2.24, 2.45) is 0 Å². The second kappa shape index (κ2) is 9.91. The predicted octanol–water partition coefficient (Wildman–Crippen LogP) is 5.02. The van der Waals surface area contributed by atoms with Gasteiger partial charge in [-0.25, -0.2) is 4.98 Å². The number of benzene rings is 2. The standard InChI is InChI=1S/C28H28N4O2/c1-34-27-14-5-4-11-24(27)26-13-6-12-25(30-26)22-9-7-16-32(19-22)28(33)23-10-3-2-8-21(23)18-31-17-15-29-20-31/h2-6,8,10-15,17,20,22H,7,9,16,18-19H2,1H3. The van der Waals surface area contributed by atoms with Crippen molar-refractivity contribution in [2.45, 2.75) is 25.3 Å². The third-order valence-corrected chi connectivity index (χ3v) is 6.44. The molecule has 0 saturated carbocycles. The highest BCUT2D eigenvalue weighted by atomic mass is 16.5. The molecule has 1 aliphatic rings. The lowest BCUT2D eigenvalue weighted by atomic mass is 9.93. The van der Waals surface area contributed by atoms with Gasteiger partial charge in [-0.2, -0.15) is 0 Å². The number of rotatable bonds is 6. The van der Waals surface area contributed by atoms with Crippen molar-refractivity contribution in [1.29, 1.82) is 0 Å². The lowest BCUT2D eigenvalue weighted by Crippen LogP contribution is -2.39. The maximum absolute atomic E-state index is 13.6. The maximum atomic E-state index is 13.6. The van der Waals surface area contributed by atoms with Crippen LogP contribution < -0.4 is 4.74 Å². The number of amides is 1. The molecule has 1 fully saturated rings. The molecule has 0 radical (unpaired) electrons. The summed E-state index contributed by atoms with van der Waals surface area (Å²) < 4.78 is 7.52. The van der Waals surface area contributed by atoms with Crippen molar-refractivity contribution in [3.05, 3.63) is 102 Å². The third-order valence-electron chi connectivity index (χ3n) is 6.44. The Labute approximate surface area is 199 Å². The molecule has 6 heteroatoms. The van der Waals surface area contributed by atoms with Crippen molar-refractivity contribution in [3.8, 4) is 17.0 Å². The molecular formula is C28H28N4O2. The molecule has 2 aromatic heterocycles. The van der Waals surface area contributed by atoms with Gasteiger partial charge in [0.05, 0.1) is 19.1 Å². The lowest BCUT2D eigenvalue weighted by molar-refractivity contribution is 0.0704. The number of likely N-dealkylation sites (tertiary alicyclic amines) is 1. The fraction of sp³-hybridized carbons (Fsp3) is 0.250. The van der Waals surface area contributed by atoms with Crippen molar-refractivity contribution in [3.63, 3.8) is 0 Å². The Bertz CT molecular complexity index is 1270. The smallest absolute Gasteiger partial charge is 0.254 e. The number of methoxy groups -OCH3 is 1. The first-order valence-corrected chi connectivity index (χ1v) is 11.7. The monoisotopic (exact) mass is 452 g/mol. The molecule has 0 aliphatic carbocycles. The second-order valence-corrected chi connectivity index (χ2v) is 8.63. The molecule has 4 aromatic rings. The number of hydrogen-bond acceptors (Lipinski definition) is 4. The molecule has 1 aliphatic heterocycles. The Morgan fingerprint density at radius 3 is 2.76 bits per heavy atom. The van der Waals surface area contributed by atoms with Crippen LogP contribution in [0.3, 0.4) is 0 Å². The van der Waals surface area contributed by atoms with Gasteiger partial charge in [0.15, 0.2) is 0 Å². The minimum absolute atomic E-state index is 0.0845. The van der Waals surface area contributed by atoms with Gasteiger partial charge < -0.3 is 14.2 Å². The molecule has 172 valence electrons. The average Bonchev–Trinajstić information content (AvgIpc) is 3.42. The summed E-state index contributed by atoms with van der Waals surface area (Å²) in [7, 11) is 1.68. The number of pyridine rings is 1. The Hall–Kier alpha value is -3.93. The van der Waals surface area contributed by atoms with Crippen molar-refractivity contribution in [2.75, 3.05) is 20.2 Å². The van der Waals surface area contributed by atoms with Gasteiger partial charge in [-0.15, -0.1) is 0 Å². The normalized spacial score (nSPS) is 15.8. The van der Waals surface area contributed by atoms with E-state index in [1.165, 1.54) is 0 Å². The van der Waals surface area contributed by atoms with E-state index in [0.717, 1.165) is 53.2 Å². The predicted molar refractivity (Wildman–Crippen MR) is 132 cm³/mol. The van der Waals surface area contributed by atoms with Gasteiger partial charge in [0, 0.05) is 54.8 Å². The van der Waals surface area contributed by atoms with E-state index in [4.69, 9.17) is 9.72 Å². The topological polar surface area (TPSA) is 60.2 Å². The zero-order valence-corrected chi connectivity index (χ0v) is 19.3. The molecule has 0 N–H and O–H groups in total. The summed E-state index contributed by atoms with van der Waals surface area (Å²) in [6.45, 7) is 2.06. The highest BCUT2D eigenvalue weighted by Crippen LogP contribution is 2.32. The SMILES string of the molecule is COc1ccccc1-c1cccc(C2CCCN(C(=O)c3ccccc3Cn3ccnc3)C2)n1. The summed E-state index contributed by atoms with van der Waals surface area (Å²) in [5.41, 5.74) is 4.65. The van der Waals surface area contributed by atoms with E-state index in [9.17, 15) is 4.79 Å². The number of imidazole rings is 1. The van der Waals surface area contributed by atoms with Crippen molar-refractivity contribution < 1.29 is 9.53 Å². The largest absolute Gasteiger partial charge is 0.496 e. The highest BCUT2D eigenvalue weighted by Gasteiger charge is 2.27. The van der Waals surface area contributed by atoms with Crippen LogP contribution in [-0.2, 0) is 6.54 Å². The van der Waals surface area contributed by atoms with Gasteiger partial charge in [0.1, 0.15) is 5.75 Å². The zero-order chi connectivity index (χ0) is 23.3. The summed E-state index contributed by atoms with van der Waals surface area (Å²) in [6.07, 6.45) is 7.42. The van der Waals surface area contributed by atoms with E-state index in [2.05, 4.69) is 11.1 Å². The molecule has 2 aromatic carbocycles. The van der Waals surface area contributed by atoms with E-state index in [-0.39, 0.29) is 11.8 Å². The Morgan fingerprint density at radius 2 is 1.91 bits per heavy atom. The van der Waals surface area contributed by atoms with Gasteiger partial charge in [-0.3, -0.25) is 9.78 Å². The van der Waals surface area contributed by atoms with Gasteiger partial charge in [-0.05, 0) is 48.7 Å². The van der Waals surface area contributed by atoms with Crippen LogP contribution in [0, 0.1) is 0 Å². The number of nitrogens with zero attached hydrogens (tertiary/aromatic N) is 4. The van der Waals surface area contributed by atoms with Crippen LogP contribution in [0.2, 0.25) is 0 Å². The molecule has 1 saturated heterocycles. The van der Waals surface area contributed by atoms with E-state index in [1.807, 2.05) is 76.3 Å². The van der Waals surface area contributed by atoms with Crippen LogP contribution >= 0.6 is 0 Å². The van der Waals surface area contributed by atoms with E-state index in [1.54, 1.807) is 19.6 Å². The Kier molecular flexibility index (Phi) is 6.38. The summed E-state index contributed by atoms with van der Waals surface area (Å²) in [4.78, 5) is 24.6. The van der Waals surface area contributed by atoms with E-state index >= 15 is 0 Å². The summed E-state index contributed by atoms with van der Waals surface area (Å²) >= 11 is 0. The van der Waals surface area contributed by atoms with Gasteiger partial charge in [0.25, 0.3) is 5.91 Å². The van der Waals surface area contributed by atoms with Crippen LogP contribution in [0.5, 0.6) is 5.75 Å². The molecule has 1 amide bonds. The Morgan fingerprint density at radius 1 is 1.06 bits per heavy atom. The lowest BCUT2D eigenvalue weighted by Gasteiger charge is -2.33. The highest BCUT2D eigenvalue weighted by molar-refractivity contribution is 5.95. The van der Waals surface area contributed by atoms with Crippen molar-refractivity contribution >= 4 is 5.91 Å². The number of carbonyl (C=O) groups is 1. The number of piperidine rings is 1. The van der Waals surface area contributed by atoms with Crippen LogP contribution in [0.15, 0.2) is 85.5 Å². The molecule has 6 nitrogen and oxygen atoms in total. The summed E-state index contributed by atoms with van der Waals surface area (Å²) in [5, 5.41) is 0. The first-order chi connectivity index (χ1) is 16.7. The maximum Gasteiger partial charge on any atom is 0.254 e. The number of carbonyl (C=O) groups excluding carboxylic acids is 1. The Balaban J connectivity index is 1.37. The van der Waals surface area contributed by atoms with Gasteiger partial charge >= 0.3 is 0 Å². The molecular weight excluding hydrogens is 424 g/mol. The summed E-state index contributed by atoms with van der Waals surface area (Å²) in [6, 6.07) is 21.9. The number of hydrogen-bond donors (Lipinski definition) is 0. The zero-order valence-electron chi connectivity index (χ0n) is 19.3. The first kappa shape index (κ1) is 21.9. The molecule has 0 bridgehead atoms. The molecule has 1 atom stereocenters. The molecule has 5 rings (SSSR count). The van der Waals surface area contributed by atoms with Crippen LogP contribution in [0.25, 0.3) is 11.3 Å². The van der Waals surface area contributed by atoms with Crippen LogP contribution in [0.4, 0.5) is 0 Å². The van der Waals surface area contributed by atoms with Crippen LogP contribution in [0.1, 0.15) is 40.4 Å². The quantitative estimate of drug-likeness (QED) is 0.412. The third kappa shape index (κ3) is 4.57. The fourth-order valence-corrected chi connectivity index (χ4v) is 4.70. The molecule has 3 heterocycles. The molecule has 0 spiro atoms. The minimum Gasteiger partial charge on any atom is -0.496 e. The number of para-hydroxylation sites is 1. The van der Waals surface area contributed by atoms with Crippen molar-refractivity contribution in [1.82, 2.24) is 19.4 Å². The fourth-order valence-electron chi connectivity index (χ4n) is 4.70. The van der Waals surface area contributed by atoms with Gasteiger partial charge in [0.2, 0.25) is 0 Å².